The minimum atomic E-state index is 0.0237. The molecule has 1 unspecified atom stereocenters. The molecule has 0 aromatic carbocycles. The van der Waals surface area contributed by atoms with E-state index in [9.17, 15) is 4.79 Å². The van der Waals surface area contributed by atoms with Crippen molar-refractivity contribution in [1.29, 1.82) is 0 Å². The van der Waals surface area contributed by atoms with Crippen LogP contribution in [0.1, 0.15) is 26.2 Å². The lowest BCUT2D eigenvalue weighted by Gasteiger charge is -2.28. The van der Waals surface area contributed by atoms with Gasteiger partial charge in [0, 0.05) is 32.5 Å². The van der Waals surface area contributed by atoms with Crippen molar-refractivity contribution in [1.82, 2.24) is 14.9 Å². The highest BCUT2D eigenvalue weighted by molar-refractivity contribution is 5.34. The van der Waals surface area contributed by atoms with Gasteiger partial charge in [0.2, 0.25) is 0 Å². The van der Waals surface area contributed by atoms with E-state index >= 15 is 0 Å². The van der Waals surface area contributed by atoms with Gasteiger partial charge in [-0.15, -0.1) is 0 Å². The maximum Gasteiger partial charge on any atom is 0.293 e. The summed E-state index contributed by atoms with van der Waals surface area (Å²) in [6.07, 6.45) is 6.90. The molecule has 1 atom stereocenters. The highest BCUT2D eigenvalue weighted by Gasteiger charge is 2.17. The normalized spacial score (nSPS) is 19.4. The lowest BCUT2D eigenvalue weighted by molar-refractivity contribution is 0.380. The zero-order valence-electron chi connectivity index (χ0n) is 11.9. The predicted molar refractivity (Wildman–Crippen MR) is 77.7 cm³/mol. The van der Waals surface area contributed by atoms with Crippen molar-refractivity contribution < 1.29 is 0 Å². The highest BCUT2D eigenvalue weighted by Crippen LogP contribution is 2.13. The first-order valence-corrected chi connectivity index (χ1v) is 7.19. The third-order valence-corrected chi connectivity index (χ3v) is 3.65. The molecule has 2 heterocycles. The zero-order valence-corrected chi connectivity index (χ0v) is 11.9. The van der Waals surface area contributed by atoms with Gasteiger partial charge in [-0.1, -0.05) is 6.92 Å². The van der Waals surface area contributed by atoms with E-state index in [1.54, 1.807) is 17.0 Å². The van der Waals surface area contributed by atoms with E-state index in [0.29, 0.717) is 11.7 Å². The largest absolute Gasteiger partial charge is 0.355 e. The van der Waals surface area contributed by atoms with Crippen molar-refractivity contribution in [2.75, 3.05) is 31.6 Å². The number of aryl methyl sites for hydroxylation is 1. The van der Waals surface area contributed by atoms with Crippen LogP contribution >= 0.6 is 0 Å². The molecular formula is C14H24N4O. The van der Waals surface area contributed by atoms with Gasteiger partial charge >= 0.3 is 0 Å². The van der Waals surface area contributed by atoms with Crippen molar-refractivity contribution in [2.24, 2.45) is 5.92 Å². The van der Waals surface area contributed by atoms with Crippen LogP contribution in [0, 0.1) is 5.92 Å². The van der Waals surface area contributed by atoms with Crippen LogP contribution < -0.4 is 15.8 Å². The average molecular weight is 264 g/mol. The third kappa shape index (κ3) is 3.56. The van der Waals surface area contributed by atoms with Gasteiger partial charge in [-0.2, -0.15) is 0 Å². The molecule has 1 N–H and O–H groups in total. The second-order valence-corrected chi connectivity index (χ2v) is 5.34. The number of hydrogen-bond acceptors (Lipinski definition) is 4. The van der Waals surface area contributed by atoms with Crippen LogP contribution in [0.25, 0.3) is 0 Å². The number of nitrogens with zero attached hydrogens (tertiary/aromatic N) is 3. The van der Waals surface area contributed by atoms with Gasteiger partial charge in [-0.05, 0) is 38.3 Å². The van der Waals surface area contributed by atoms with E-state index in [2.05, 4.69) is 17.2 Å². The molecule has 0 amide bonds. The fourth-order valence-electron chi connectivity index (χ4n) is 2.67. The Morgan fingerprint density at radius 3 is 3.11 bits per heavy atom. The number of hydrogen-bond donors (Lipinski definition) is 1. The maximum atomic E-state index is 12.3. The summed E-state index contributed by atoms with van der Waals surface area (Å²) in [6, 6.07) is 0. The monoisotopic (exact) mass is 264 g/mol. The lowest BCUT2D eigenvalue weighted by atomic mass is 9.99. The van der Waals surface area contributed by atoms with Crippen molar-refractivity contribution >= 4 is 5.82 Å². The molecule has 0 aliphatic carbocycles. The van der Waals surface area contributed by atoms with Crippen molar-refractivity contribution in [3.63, 3.8) is 0 Å². The molecule has 1 aromatic rings. The maximum absolute atomic E-state index is 12.3. The Kier molecular flexibility index (Phi) is 4.96. The zero-order chi connectivity index (χ0) is 13.7. The molecule has 1 fully saturated rings. The Labute approximate surface area is 114 Å². The molecule has 2 rings (SSSR count). The van der Waals surface area contributed by atoms with Crippen LogP contribution in [0.3, 0.4) is 0 Å². The molecule has 0 radical (unpaired) electrons. The summed E-state index contributed by atoms with van der Waals surface area (Å²) in [7, 11) is 1.97. The van der Waals surface area contributed by atoms with E-state index in [-0.39, 0.29) is 5.56 Å². The molecular weight excluding hydrogens is 240 g/mol. The first kappa shape index (κ1) is 14.1. The molecule has 106 valence electrons. The van der Waals surface area contributed by atoms with Crippen LogP contribution in [-0.2, 0) is 6.54 Å². The molecule has 1 aliphatic heterocycles. The quantitative estimate of drug-likeness (QED) is 0.865. The molecule has 1 saturated heterocycles. The minimum Gasteiger partial charge on any atom is -0.355 e. The number of nitrogens with one attached hydrogen (secondary N) is 1. The summed E-state index contributed by atoms with van der Waals surface area (Å²) in [6.45, 7) is 5.88. The van der Waals surface area contributed by atoms with Crippen LogP contribution in [-0.4, -0.2) is 36.2 Å². The van der Waals surface area contributed by atoms with Crippen LogP contribution in [0.4, 0.5) is 5.82 Å². The molecule has 0 spiro atoms. The van der Waals surface area contributed by atoms with Gasteiger partial charge in [-0.3, -0.25) is 4.79 Å². The van der Waals surface area contributed by atoms with Crippen LogP contribution in [0.15, 0.2) is 17.2 Å². The van der Waals surface area contributed by atoms with Crippen molar-refractivity contribution in [3.8, 4) is 0 Å². The van der Waals surface area contributed by atoms with E-state index in [0.717, 1.165) is 32.6 Å². The fourth-order valence-corrected chi connectivity index (χ4v) is 2.67. The first-order chi connectivity index (χ1) is 9.22. The van der Waals surface area contributed by atoms with E-state index in [1.807, 2.05) is 11.9 Å². The molecule has 1 aliphatic rings. The lowest BCUT2D eigenvalue weighted by Crippen LogP contribution is -2.39. The first-order valence-electron chi connectivity index (χ1n) is 7.19. The molecule has 1 aromatic heterocycles. The Hall–Kier alpha value is -1.36. The van der Waals surface area contributed by atoms with Gasteiger partial charge in [0.25, 0.3) is 5.56 Å². The summed E-state index contributed by atoms with van der Waals surface area (Å²) < 4.78 is 1.75. The fraction of sp³-hybridized carbons (Fsp3) is 0.714. The smallest absolute Gasteiger partial charge is 0.293 e. The van der Waals surface area contributed by atoms with Crippen molar-refractivity contribution in [3.05, 3.63) is 22.7 Å². The summed E-state index contributed by atoms with van der Waals surface area (Å²) in [5, 5.41) is 3.41. The standard InChI is InChI=1S/C14H24N4O/c1-3-8-18-9-7-16-13(14(18)19)17(2)11-12-5-4-6-15-10-12/h7,9,12,15H,3-6,8,10-11H2,1-2H3. The Bertz CT molecular complexity index is 451. The molecule has 0 bridgehead atoms. The van der Waals surface area contributed by atoms with Gasteiger partial charge in [0.1, 0.15) is 0 Å². The van der Waals surface area contributed by atoms with Crippen LogP contribution in [0.2, 0.25) is 0 Å². The van der Waals surface area contributed by atoms with E-state index < -0.39 is 0 Å². The Balaban J connectivity index is 2.07. The van der Waals surface area contributed by atoms with E-state index in [1.165, 1.54) is 12.8 Å². The molecule has 19 heavy (non-hydrogen) atoms. The molecule has 5 heteroatoms. The number of aromatic nitrogens is 2. The summed E-state index contributed by atoms with van der Waals surface area (Å²) >= 11 is 0. The van der Waals surface area contributed by atoms with Gasteiger partial charge in [0.05, 0.1) is 0 Å². The minimum absolute atomic E-state index is 0.0237. The molecule has 0 saturated carbocycles. The number of rotatable bonds is 5. The third-order valence-electron chi connectivity index (χ3n) is 3.65. The van der Waals surface area contributed by atoms with E-state index in [4.69, 9.17) is 0 Å². The second kappa shape index (κ2) is 6.70. The Morgan fingerprint density at radius 1 is 1.58 bits per heavy atom. The highest BCUT2D eigenvalue weighted by atomic mass is 16.1. The summed E-state index contributed by atoms with van der Waals surface area (Å²) in [5.41, 5.74) is 0.0237. The predicted octanol–water partition coefficient (Wildman–Crippen LogP) is 1.09. The summed E-state index contributed by atoms with van der Waals surface area (Å²) in [4.78, 5) is 18.6. The van der Waals surface area contributed by atoms with Crippen molar-refractivity contribution in [2.45, 2.75) is 32.7 Å². The van der Waals surface area contributed by atoms with Crippen LogP contribution in [0.5, 0.6) is 0 Å². The average Bonchev–Trinajstić information content (AvgIpc) is 2.42. The SMILES string of the molecule is CCCn1ccnc(N(C)CC2CCCNC2)c1=O. The van der Waals surface area contributed by atoms with Gasteiger partial charge in [0.15, 0.2) is 5.82 Å². The second-order valence-electron chi connectivity index (χ2n) is 5.34. The topological polar surface area (TPSA) is 50.2 Å². The molecule has 5 nitrogen and oxygen atoms in total. The summed E-state index contributed by atoms with van der Waals surface area (Å²) in [5.74, 6) is 1.18. The van der Waals surface area contributed by atoms with Gasteiger partial charge in [-0.25, -0.2) is 4.98 Å². The van der Waals surface area contributed by atoms with Gasteiger partial charge < -0.3 is 14.8 Å². The Morgan fingerprint density at radius 2 is 2.42 bits per heavy atom. The number of piperidine rings is 1. The number of anilines is 1.